The second kappa shape index (κ2) is 8.62. The Balaban J connectivity index is 1.57. The summed E-state index contributed by atoms with van der Waals surface area (Å²) in [7, 11) is 4.71. The van der Waals surface area contributed by atoms with Gasteiger partial charge >= 0.3 is 0 Å². The molecule has 0 fully saturated rings. The van der Waals surface area contributed by atoms with E-state index in [1.165, 1.54) is 0 Å². The van der Waals surface area contributed by atoms with Crippen LogP contribution in [0, 0.1) is 6.92 Å². The smallest absolute Gasteiger partial charge is 0.251 e. The molecule has 0 radical (unpaired) electrons. The standard InChI is InChI=1S/C23H24N4O5/c1-13-21(14-5-10-18(31-3)19(11-14)32-4)22-25-23(29)17(27(22)26-13)12-20(28)24-15-6-8-16(30-2)9-7-15/h5-11,17H,12H2,1-4H3,(H,24,28)(H,25,29). The number of carbonyl (C=O) groups is 2. The van der Waals surface area contributed by atoms with Crippen LogP contribution < -0.4 is 24.8 Å². The van der Waals surface area contributed by atoms with Gasteiger partial charge in [0.2, 0.25) is 5.91 Å². The van der Waals surface area contributed by atoms with Gasteiger partial charge in [-0.25, -0.2) is 4.68 Å². The van der Waals surface area contributed by atoms with Crippen LogP contribution in [-0.4, -0.2) is 42.9 Å². The van der Waals surface area contributed by atoms with E-state index in [2.05, 4.69) is 15.7 Å². The Morgan fingerprint density at radius 1 is 1.06 bits per heavy atom. The fraction of sp³-hybridized carbons (Fsp3) is 0.261. The molecule has 3 aromatic rings. The van der Waals surface area contributed by atoms with Gasteiger partial charge in [-0.05, 0) is 48.9 Å². The Kier molecular flexibility index (Phi) is 5.72. The van der Waals surface area contributed by atoms with Gasteiger partial charge in [-0.15, -0.1) is 0 Å². The Morgan fingerprint density at radius 3 is 2.44 bits per heavy atom. The van der Waals surface area contributed by atoms with E-state index in [0.717, 1.165) is 16.8 Å². The number of anilines is 2. The van der Waals surface area contributed by atoms with Gasteiger partial charge in [-0.2, -0.15) is 5.10 Å². The number of aryl methyl sites for hydroxylation is 1. The Hall–Kier alpha value is -4.01. The second-order valence-corrected chi connectivity index (χ2v) is 7.31. The van der Waals surface area contributed by atoms with Crippen molar-refractivity contribution in [3.05, 3.63) is 48.2 Å². The second-order valence-electron chi connectivity index (χ2n) is 7.31. The zero-order chi connectivity index (χ0) is 22.8. The van der Waals surface area contributed by atoms with Crippen molar-refractivity contribution in [2.24, 2.45) is 0 Å². The molecule has 1 atom stereocenters. The van der Waals surface area contributed by atoms with Crippen LogP contribution >= 0.6 is 0 Å². The maximum Gasteiger partial charge on any atom is 0.251 e. The van der Waals surface area contributed by atoms with Crippen LogP contribution in [0.15, 0.2) is 42.5 Å². The summed E-state index contributed by atoms with van der Waals surface area (Å²) in [6.45, 7) is 1.86. The van der Waals surface area contributed by atoms with Crippen LogP contribution in [0.4, 0.5) is 11.5 Å². The molecular formula is C23H24N4O5. The highest BCUT2D eigenvalue weighted by atomic mass is 16.5. The first-order chi connectivity index (χ1) is 15.4. The third-order valence-electron chi connectivity index (χ3n) is 5.35. The van der Waals surface area contributed by atoms with Crippen molar-refractivity contribution in [3.63, 3.8) is 0 Å². The van der Waals surface area contributed by atoms with Gasteiger partial charge in [0, 0.05) is 11.3 Å². The maximum absolute atomic E-state index is 12.7. The van der Waals surface area contributed by atoms with Crippen LogP contribution in [0.2, 0.25) is 0 Å². The van der Waals surface area contributed by atoms with Gasteiger partial charge < -0.3 is 24.8 Å². The van der Waals surface area contributed by atoms with E-state index in [0.29, 0.717) is 28.8 Å². The van der Waals surface area contributed by atoms with Gasteiger partial charge in [-0.3, -0.25) is 9.59 Å². The van der Waals surface area contributed by atoms with Crippen LogP contribution in [0.25, 0.3) is 11.1 Å². The summed E-state index contributed by atoms with van der Waals surface area (Å²) in [5, 5.41) is 10.2. The molecule has 1 aromatic heterocycles. The summed E-state index contributed by atoms with van der Waals surface area (Å²) in [6.07, 6.45) is -0.0443. The highest BCUT2D eigenvalue weighted by molar-refractivity contribution is 6.04. The molecule has 0 saturated heterocycles. The fourth-order valence-corrected chi connectivity index (χ4v) is 3.78. The van der Waals surface area contributed by atoms with Crippen molar-refractivity contribution in [3.8, 4) is 28.4 Å². The average Bonchev–Trinajstić information content (AvgIpc) is 3.27. The molecule has 1 unspecified atom stereocenters. The highest BCUT2D eigenvalue weighted by Crippen LogP contribution is 2.41. The zero-order valence-electron chi connectivity index (χ0n) is 18.3. The quantitative estimate of drug-likeness (QED) is 0.588. The zero-order valence-corrected chi connectivity index (χ0v) is 18.3. The average molecular weight is 436 g/mol. The maximum atomic E-state index is 12.7. The Labute approximate surface area is 185 Å². The van der Waals surface area contributed by atoms with Crippen LogP contribution in [0.5, 0.6) is 17.2 Å². The summed E-state index contributed by atoms with van der Waals surface area (Å²) in [6, 6.07) is 11.8. The molecule has 0 aliphatic carbocycles. The number of aromatic nitrogens is 2. The number of hydrogen-bond donors (Lipinski definition) is 2. The SMILES string of the molecule is COc1ccc(NC(=O)CC2C(=O)Nc3c(-c4ccc(OC)c(OC)c4)c(C)nn32)cc1. The van der Waals surface area contributed by atoms with Crippen molar-refractivity contribution in [2.45, 2.75) is 19.4 Å². The van der Waals surface area contributed by atoms with Crippen LogP contribution in [0.3, 0.4) is 0 Å². The van der Waals surface area contributed by atoms with E-state index < -0.39 is 6.04 Å². The first kappa shape index (κ1) is 21.2. The summed E-state index contributed by atoms with van der Waals surface area (Å²) < 4.78 is 17.4. The summed E-state index contributed by atoms with van der Waals surface area (Å²) in [5.74, 6) is 1.86. The topological polar surface area (TPSA) is 104 Å². The molecule has 1 aliphatic heterocycles. The number of methoxy groups -OCH3 is 3. The Bertz CT molecular complexity index is 1170. The number of nitrogens with zero attached hydrogens (tertiary/aromatic N) is 2. The van der Waals surface area contributed by atoms with Crippen molar-refractivity contribution in [1.82, 2.24) is 9.78 Å². The minimum Gasteiger partial charge on any atom is -0.497 e. The molecule has 2 aromatic carbocycles. The van der Waals surface area contributed by atoms with E-state index >= 15 is 0 Å². The first-order valence-electron chi connectivity index (χ1n) is 10.0. The van der Waals surface area contributed by atoms with Gasteiger partial charge in [0.25, 0.3) is 5.91 Å². The molecule has 2 amide bonds. The Morgan fingerprint density at radius 2 is 1.78 bits per heavy atom. The molecule has 166 valence electrons. The molecule has 0 bridgehead atoms. The monoisotopic (exact) mass is 436 g/mol. The number of nitrogens with one attached hydrogen (secondary N) is 2. The van der Waals surface area contributed by atoms with Crippen molar-refractivity contribution >= 4 is 23.3 Å². The van der Waals surface area contributed by atoms with E-state index in [-0.39, 0.29) is 18.2 Å². The third-order valence-corrected chi connectivity index (χ3v) is 5.35. The molecule has 32 heavy (non-hydrogen) atoms. The minimum atomic E-state index is -0.740. The van der Waals surface area contributed by atoms with E-state index in [4.69, 9.17) is 14.2 Å². The van der Waals surface area contributed by atoms with Crippen LogP contribution in [-0.2, 0) is 9.59 Å². The number of fused-ring (bicyclic) bond motifs is 1. The normalized spacial score (nSPS) is 14.5. The summed E-state index contributed by atoms with van der Waals surface area (Å²) in [4.78, 5) is 25.3. The highest BCUT2D eigenvalue weighted by Gasteiger charge is 2.36. The van der Waals surface area contributed by atoms with Gasteiger partial charge in [0.1, 0.15) is 17.6 Å². The van der Waals surface area contributed by atoms with Gasteiger partial charge in [0.05, 0.1) is 33.4 Å². The molecule has 2 heterocycles. The molecule has 0 spiro atoms. The largest absolute Gasteiger partial charge is 0.497 e. The lowest BCUT2D eigenvalue weighted by atomic mass is 10.1. The molecular weight excluding hydrogens is 412 g/mol. The van der Waals surface area contributed by atoms with Crippen LogP contribution in [0.1, 0.15) is 18.2 Å². The number of amides is 2. The van der Waals surface area contributed by atoms with Gasteiger partial charge in [0.15, 0.2) is 11.5 Å². The summed E-state index contributed by atoms with van der Waals surface area (Å²) >= 11 is 0. The van der Waals surface area contributed by atoms with E-state index in [1.807, 2.05) is 19.1 Å². The predicted molar refractivity (Wildman–Crippen MR) is 119 cm³/mol. The third kappa shape index (κ3) is 3.84. The van der Waals surface area contributed by atoms with Crippen molar-refractivity contribution in [2.75, 3.05) is 32.0 Å². The lowest BCUT2D eigenvalue weighted by molar-refractivity contribution is -0.123. The predicted octanol–water partition coefficient (Wildman–Crippen LogP) is 3.41. The lowest BCUT2D eigenvalue weighted by Crippen LogP contribution is -2.23. The van der Waals surface area contributed by atoms with E-state index in [1.54, 1.807) is 56.3 Å². The van der Waals surface area contributed by atoms with Gasteiger partial charge in [-0.1, -0.05) is 6.07 Å². The molecule has 9 heteroatoms. The molecule has 4 rings (SSSR count). The summed E-state index contributed by atoms with van der Waals surface area (Å²) in [5.41, 5.74) is 2.95. The molecule has 2 N–H and O–H groups in total. The lowest BCUT2D eigenvalue weighted by Gasteiger charge is -2.10. The van der Waals surface area contributed by atoms with Crippen molar-refractivity contribution < 1.29 is 23.8 Å². The molecule has 0 saturated carbocycles. The molecule has 1 aliphatic rings. The number of benzene rings is 2. The van der Waals surface area contributed by atoms with Crippen molar-refractivity contribution in [1.29, 1.82) is 0 Å². The van der Waals surface area contributed by atoms with E-state index in [9.17, 15) is 9.59 Å². The number of carbonyl (C=O) groups excluding carboxylic acids is 2. The number of ether oxygens (including phenoxy) is 3. The number of hydrogen-bond acceptors (Lipinski definition) is 6. The first-order valence-corrected chi connectivity index (χ1v) is 10.0. The molecule has 9 nitrogen and oxygen atoms in total. The minimum absolute atomic E-state index is 0.0443. The fourth-order valence-electron chi connectivity index (χ4n) is 3.78. The number of rotatable bonds is 7.